The Bertz CT molecular complexity index is 2400. The van der Waals surface area contributed by atoms with E-state index in [4.69, 9.17) is 5.41 Å². The zero-order chi connectivity index (χ0) is 32.2. The highest BCUT2D eigenvalue weighted by atomic mass is 15.2. The minimum absolute atomic E-state index is 0.364. The summed E-state index contributed by atoms with van der Waals surface area (Å²) in [5.74, 6) is 0. The Morgan fingerprint density at radius 1 is 0.479 bits per heavy atom. The second kappa shape index (κ2) is 10.9. The lowest BCUT2D eigenvalue weighted by atomic mass is 9.64. The molecular weight excluding hydrogens is 583 g/mol. The van der Waals surface area contributed by atoms with E-state index in [1.807, 2.05) is 24.3 Å². The summed E-state index contributed by atoms with van der Waals surface area (Å²) >= 11 is 0. The lowest BCUT2D eigenvalue weighted by Gasteiger charge is -2.45. The van der Waals surface area contributed by atoms with E-state index in [-0.39, 0.29) is 0 Å². The van der Waals surface area contributed by atoms with Gasteiger partial charge in [-0.25, -0.2) is 0 Å². The van der Waals surface area contributed by atoms with Gasteiger partial charge in [-0.05, 0) is 92.2 Å². The molecular formula is C45H31N3. The lowest BCUT2D eigenvalue weighted by molar-refractivity contribution is 0.752. The lowest BCUT2D eigenvalue weighted by Crippen LogP contribution is -2.36. The van der Waals surface area contributed by atoms with Gasteiger partial charge in [-0.15, -0.1) is 0 Å². The monoisotopic (exact) mass is 613 g/mol. The van der Waals surface area contributed by atoms with Gasteiger partial charge in [0, 0.05) is 11.3 Å². The van der Waals surface area contributed by atoms with Gasteiger partial charge in [0.1, 0.15) is 0 Å². The van der Waals surface area contributed by atoms with Crippen molar-refractivity contribution in [1.82, 2.24) is 0 Å². The van der Waals surface area contributed by atoms with Gasteiger partial charge in [-0.2, -0.15) is 0 Å². The fourth-order valence-corrected chi connectivity index (χ4v) is 7.94. The Hall–Kier alpha value is -6.32. The fraction of sp³-hybridized carbons (Fsp3) is 0.0222. The second-order valence-corrected chi connectivity index (χ2v) is 12.4. The number of rotatable bonds is 5. The maximum atomic E-state index is 9.28. The van der Waals surface area contributed by atoms with Crippen LogP contribution in [0.1, 0.15) is 33.4 Å². The highest BCUT2D eigenvalue weighted by Crippen LogP contribution is 2.63. The van der Waals surface area contributed by atoms with Gasteiger partial charge >= 0.3 is 0 Å². The molecule has 0 saturated carbocycles. The van der Waals surface area contributed by atoms with Crippen molar-refractivity contribution in [1.29, 1.82) is 10.8 Å². The molecule has 7 aromatic carbocycles. The van der Waals surface area contributed by atoms with E-state index in [0.717, 1.165) is 44.5 Å². The molecule has 0 fully saturated rings. The number of anilines is 3. The minimum Gasteiger partial charge on any atom is -0.310 e. The van der Waals surface area contributed by atoms with Gasteiger partial charge < -0.3 is 15.7 Å². The summed E-state index contributed by atoms with van der Waals surface area (Å²) in [5.41, 5.74) is 12.5. The molecule has 2 N–H and O–H groups in total. The van der Waals surface area contributed by atoms with Crippen LogP contribution in [-0.2, 0) is 5.41 Å². The molecule has 0 aromatic heterocycles. The quantitative estimate of drug-likeness (QED) is 0.186. The summed E-state index contributed by atoms with van der Waals surface area (Å²) in [4.78, 5) is 2.36. The number of hydrogen-bond donors (Lipinski definition) is 2. The molecule has 3 nitrogen and oxygen atoms in total. The van der Waals surface area contributed by atoms with Crippen molar-refractivity contribution >= 4 is 39.3 Å². The predicted molar refractivity (Wildman–Crippen MR) is 199 cm³/mol. The van der Waals surface area contributed by atoms with E-state index < -0.39 is 5.41 Å². The van der Waals surface area contributed by atoms with Gasteiger partial charge in [-0.3, -0.25) is 0 Å². The van der Waals surface area contributed by atoms with E-state index in [1.165, 1.54) is 27.8 Å². The fourth-order valence-electron chi connectivity index (χ4n) is 7.94. The highest BCUT2D eigenvalue weighted by molar-refractivity contribution is 6.18. The van der Waals surface area contributed by atoms with Gasteiger partial charge in [-0.1, -0.05) is 133 Å². The van der Waals surface area contributed by atoms with E-state index in [1.54, 1.807) is 12.2 Å². The van der Waals surface area contributed by atoms with Gasteiger partial charge in [0.15, 0.2) is 0 Å². The molecule has 0 atom stereocenters. The Balaban J connectivity index is 1.24. The van der Waals surface area contributed by atoms with Crippen molar-refractivity contribution in [3.8, 4) is 11.1 Å². The molecule has 1 spiro atoms. The summed E-state index contributed by atoms with van der Waals surface area (Å²) in [7, 11) is 0. The maximum absolute atomic E-state index is 9.28. The number of hydrogen-bond acceptors (Lipinski definition) is 3. The van der Waals surface area contributed by atoms with Crippen molar-refractivity contribution in [3.63, 3.8) is 0 Å². The van der Waals surface area contributed by atoms with Crippen molar-refractivity contribution in [2.45, 2.75) is 5.41 Å². The molecule has 226 valence electrons. The minimum atomic E-state index is -0.569. The first-order chi connectivity index (χ1) is 23.7. The number of allylic oxidation sites excluding steroid dienone is 2. The van der Waals surface area contributed by atoms with E-state index in [2.05, 4.69) is 144 Å². The largest absolute Gasteiger partial charge is 0.310 e. The summed E-state index contributed by atoms with van der Waals surface area (Å²) in [6.45, 7) is 0. The van der Waals surface area contributed by atoms with Crippen LogP contribution >= 0.6 is 0 Å². The highest BCUT2D eigenvalue weighted by Gasteiger charge is 2.51. The van der Waals surface area contributed by atoms with Crippen LogP contribution in [0.4, 0.5) is 17.1 Å². The first kappa shape index (κ1) is 27.9. The Labute approximate surface area is 280 Å². The third-order valence-corrected chi connectivity index (χ3v) is 9.96. The number of benzene rings is 7. The first-order valence-corrected chi connectivity index (χ1v) is 16.3. The van der Waals surface area contributed by atoms with Gasteiger partial charge in [0.05, 0.1) is 28.2 Å². The molecule has 1 aliphatic carbocycles. The summed E-state index contributed by atoms with van der Waals surface area (Å²) < 4.78 is 0. The Kier molecular flexibility index (Phi) is 6.34. The van der Waals surface area contributed by atoms with Crippen molar-refractivity contribution in [2.24, 2.45) is 0 Å². The van der Waals surface area contributed by atoms with Crippen LogP contribution in [0.3, 0.4) is 0 Å². The molecule has 0 amide bonds. The SMILES string of the molecule is N=C(/C=C\C(=N)c1cccc2ccccc12)c1ccc2c(c1)C1(c3ccccc3-c3ccccc31)c1ccccc1N2c1ccccc1. The molecule has 1 heterocycles. The number of para-hydroxylation sites is 2. The molecule has 3 heteroatoms. The van der Waals surface area contributed by atoms with Crippen LogP contribution < -0.4 is 4.90 Å². The van der Waals surface area contributed by atoms with Crippen LogP contribution in [-0.4, -0.2) is 11.4 Å². The molecule has 1 aliphatic heterocycles. The Morgan fingerprint density at radius 2 is 1.06 bits per heavy atom. The van der Waals surface area contributed by atoms with Crippen LogP contribution in [0, 0.1) is 10.8 Å². The first-order valence-electron chi connectivity index (χ1n) is 16.3. The maximum Gasteiger partial charge on any atom is 0.0754 e. The third kappa shape index (κ3) is 4.01. The van der Waals surface area contributed by atoms with Crippen molar-refractivity contribution in [3.05, 3.63) is 209 Å². The number of nitrogens with zero attached hydrogens (tertiary/aromatic N) is 1. The molecule has 48 heavy (non-hydrogen) atoms. The van der Waals surface area contributed by atoms with Crippen LogP contribution in [0.15, 0.2) is 176 Å². The second-order valence-electron chi connectivity index (χ2n) is 12.4. The molecule has 0 bridgehead atoms. The average molecular weight is 614 g/mol. The van der Waals surface area contributed by atoms with Crippen LogP contribution in [0.2, 0.25) is 0 Å². The average Bonchev–Trinajstić information content (AvgIpc) is 3.45. The molecule has 2 aliphatic rings. The molecule has 9 rings (SSSR count). The molecule has 0 saturated heterocycles. The van der Waals surface area contributed by atoms with Crippen LogP contribution in [0.25, 0.3) is 21.9 Å². The van der Waals surface area contributed by atoms with Crippen molar-refractivity contribution in [2.75, 3.05) is 4.90 Å². The molecule has 7 aromatic rings. The Morgan fingerprint density at radius 3 is 1.83 bits per heavy atom. The summed E-state index contributed by atoms with van der Waals surface area (Å²) in [5, 5.41) is 20.3. The topological polar surface area (TPSA) is 50.9 Å². The number of nitrogens with one attached hydrogen (secondary N) is 2. The van der Waals surface area contributed by atoms with Gasteiger partial charge in [0.25, 0.3) is 0 Å². The smallest absolute Gasteiger partial charge is 0.0754 e. The van der Waals surface area contributed by atoms with E-state index in [9.17, 15) is 5.41 Å². The van der Waals surface area contributed by atoms with Crippen LogP contribution in [0.5, 0.6) is 0 Å². The van der Waals surface area contributed by atoms with Gasteiger partial charge in [0.2, 0.25) is 0 Å². The number of fused-ring (bicyclic) bond motifs is 10. The molecule has 0 radical (unpaired) electrons. The van der Waals surface area contributed by atoms with E-state index in [0.29, 0.717) is 11.4 Å². The van der Waals surface area contributed by atoms with E-state index >= 15 is 0 Å². The molecule has 0 unspecified atom stereocenters. The normalized spacial score (nSPS) is 13.6. The predicted octanol–water partition coefficient (Wildman–Crippen LogP) is 11.0. The van der Waals surface area contributed by atoms with Crippen molar-refractivity contribution < 1.29 is 0 Å². The third-order valence-electron chi connectivity index (χ3n) is 9.96. The zero-order valence-corrected chi connectivity index (χ0v) is 26.2. The zero-order valence-electron chi connectivity index (χ0n) is 26.2. The standard InChI is InChI=1S/C45H31N3/c46-41(26-27-42(47)36-20-12-14-30-13-4-5-17-33(30)36)31-25-28-44-40(29-31)45(37-21-8-6-18-34(37)35-19-7-9-22-38(35)45)39-23-10-11-24-43(39)48(44)32-15-2-1-3-16-32/h1-29,46-47H/b27-26-,46-41?,47-42?. The summed E-state index contributed by atoms with van der Waals surface area (Å²) in [6.07, 6.45) is 3.52. The summed E-state index contributed by atoms with van der Waals surface area (Å²) in [6, 6.07) is 57.5.